The summed E-state index contributed by atoms with van der Waals surface area (Å²) in [5.41, 5.74) is 1.13. The van der Waals surface area contributed by atoms with Gasteiger partial charge in [0.2, 0.25) is 0 Å². The summed E-state index contributed by atoms with van der Waals surface area (Å²) in [7, 11) is 0. The summed E-state index contributed by atoms with van der Waals surface area (Å²) >= 11 is 1.57. The van der Waals surface area contributed by atoms with Crippen LogP contribution in [0.4, 0.5) is 5.69 Å². The minimum absolute atomic E-state index is 0.399. The molecule has 0 saturated heterocycles. The molecule has 3 nitrogen and oxygen atoms in total. The molecule has 0 heterocycles. The van der Waals surface area contributed by atoms with Crippen molar-refractivity contribution in [3.63, 3.8) is 0 Å². The fraction of sp³-hybridized carbons (Fsp3) is 0.588. The van der Waals surface area contributed by atoms with Gasteiger partial charge >= 0.3 is 5.97 Å². The van der Waals surface area contributed by atoms with E-state index in [9.17, 15) is 9.90 Å². The van der Waals surface area contributed by atoms with Crippen LogP contribution in [0.15, 0.2) is 23.1 Å². The van der Waals surface area contributed by atoms with Gasteiger partial charge in [0.1, 0.15) is 0 Å². The van der Waals surface area contributed by atoms with Gasteiger partial charge in [0.15, 0.2) is 0 Å². The number of thioether (sulfide) groups is 1. The molecular weight excluding hydrogens is 282 g/mol. The SMILES string of the molecule is CCSc1cccc(NCC(C(C)C)C(C)C)c1C(=O)O. The highest BCUT2D eigenvalue weighted by Crippen LogP contribution is 2.29. The molecule has 0 fully saturated rings. The highest BCUT2D eigenvalue weighted by molar-refractivity contribution is 7.99. The summed E-state index contributed by atoms with van der Waals surface area (Å²) in [4.78, 5) is 12.4. The van der Waals surface area contributed by atoms with E-state index < -0.39 is 5.97 Å². The number of nitrogens with one attached hydrogen (secondary N) is 1. The molecule has 0 bridgehead atoms. The monoisotopic (exact) mass is 309 g/mol. The van der Waals surface area contributed by atoms with Gasteiger partial charge in [-0.25, -0.2) is 4.79 Å². The predicted molar refractivity (Wildman–Crippen MR) is 91.5 cm³/mol. The van der Waals surface area contributed by atoms with Crippen LogP contribution >= 0.6 is 11.8 Å². The van der Waals surface area contributed by atoms with E-state index in [0.29, 0.717) is 23.3 Å². The molecule has 0 saturated carbocycles. The summed E-state index contributed by atoms with van der Waals surface area (Å²) in [5.74, 6) is 1.66. The Morgan fingerprint density at radius 3 is 2.33 bits per heavy atom. The molecule has 0 aliphatic carbocycles. The quantitative estimate of drug-likeness (QED) is 0.675. The van der Waals surface area contributed by atoms with Crippen LogP contribution in [0.3, 0.4) is 0 Å². The maximum absolute atomic E-state index is 11.6. The average molecular weight is 309 g/mol. The van der Waals surface area contributed by atoms with Gasteiger partial charge in [-0.2, -0.15) is 0 Å². The number of carboxylic acid groups (broad SMARTS) is 1. The van der Waals surface area contributed by atoms with Crippen molar-refractivity contribution in [1.29, 1.82) is 0 Å². The molecule has 1 aromatic carbocycles. The Morgan fingerprint density at radius 2 is 1.86 bits per heavy atom. The molecule has 0 aromatic heterocycles. The molecule has 1 aromatic rings. The van der Waals surface area contributed by atoms with E-state index in [0.717, 1.165) is 22.9 Å². The van der Waals surface area contributed by atoms with Gasteiger partial charge in [0.25, 0.3) is 0 Å². The minimum atomic E-state index is -0.861. The van der Waals surface area contributed by atoms with Gasteiger partial charge in [-0.05, 0) is 35.6 Å². The van der Waals surface area contributed by atoms with Crippen LogP contribution < -0.4 is 5.32 Å². The van der Waals surface area contributed by atoms with Crippen LogP contribution in [0.25, 0.3) is 0 Å². The van der Waals surface area contributed by atoms with E-state index in [1.165, 1.54) is 0 Å². The van der Waals surface area contributed by atoms with E-state index >= 15 is 0 Å². The van der Waals surface area contributed by atoms with Crippen LogP contribution in [-0.4, -0.2) is 23.4 Å². The summed E-state index contributed by atoms with van der Waals surface area (Å²) in [6.45, 7) is 11.7. The lowest BCUT2D eigenvalue weighted by Gasteiger charge is -2.26. The summed E-state index contributed by atoms with van der Waals surface area (Å²) < 4.78 is 0. The first-order valence-corrected chi connectivity index (χ1v) is 8.60. The van der Waals surface area contributed by atoms with Gasteiger partial charge in [0, 0.05) is 17.1 Å². The first kappa shape index (κ1) is 17.9. The van der Waals surface area contributed by atoms with Gasteiger partial charge in [0.05, 0.1) is 5.56 Å². The van der Waals surface area contributed by atoms with E-state index in [2.05, 4.69) is 33.0 Å². The van der Waals surface area contributed by atoms with Gasteiger partial charge < -0.3 is 10.4 Å². The Hall–Kier alpha value is -1.16. The van der Waals surface area contributed by atoms with E-state index in [1.807, 2.05) is 25.1 Å². The van der Waals surface area contributed by atoms with Crippen molar-refractivity contribution in [3.8, 4) is 0 Å². The Bertz CT molecular complexity index is 464. The van der Waals surface area contributed by atoms with Crippen molar-refractivity contribution >= 4 is 23.4 Å². The number of aromatic carboxylic acids is 1. The third-order valence-corrected chi connectivity index (χ3v) is 4.72. The highest BCUT2D eigenvalue weighted by Gasteiger charge is 2.20. The Kier molecular flexibility index (Phi) is 7.09. The molecule has 0 radical (unpaired) electrons. The lowest BCUT2D eigenvalue weighted by Crippen LogP contribution is -2.25. The molecule has 21 heavy (non-hydrogen) atoms. The zero-order valence-corrected chi connectivity index (χ0v) is 14.5. The molecule has 0 aliphatic heterocycles. The maximum Gasteiger partial charge on any atom is 0.338 e. The molecule has 0 amide bonds. The molecule has 118 valence electrons. The van der Waals surface area contributed by atoms with Gasteiger partial charge in [-0.1, -0.05) is 40.7 Å². The summed E-state index contributed by atoms with van der Waals surface area (Å²) in [5, 5.41) is 12.9. The van der Waals surface area contributed by atoms with E-state index in [1.54, 1.807) is 11.8 Å². The second-order valence-corrected chi connectivity index (χ2v) is 7.26. The van der Waals surface area contributed by atoms with Crippen LogP contribution in [0, 0.1) is 17.8 Å². The van der Waals surface area contributed by atoms with E-state index in [-0.39, 0.29) is 0 Å². The maximum atomic E-state index is 11.6. The predicted octanol–water partition coefficient (Wildman–Crippen LogP) is 4.84. The normalized spacial score (nSPS) is 11.4. The first-order valence-electron chi connectivity index (χ1n) is 7.61. The molecular formula is C17H27NO2S. The zero-order chi connectivity index (χ0) is 16.0. The number of carbonyl (C=O) groups is 1. The Balaban J connectivity index is 2.97. The van der Waals surface area contributed by atoms with Crippen LogP contribution in [-0.2, 0) is 0 Å². The Labute approximate surface area is 132 Å². The fourth-order valence-electron chi connectivity index (χ4n) is 2.64. The lowest BCUT2D eigenvalue weighted by atomic mass is 9.85. The second kappa shape index (κ2) is 8.32. The number of anilines is 1. The number of carboxylic acids is 1. The molecule has 0 aliphatic rings. The average Bonchev–Trinajstić information content (AvgIpc) is 2.38. The van der Waals surface area contributed by atoms with Crippen molar-refractivity contribution < 1.29 is 9.90 Å². The van der Waals surface area contributed by atoms with Crippen LogP contribution in [0.2, 0.25) is 0 Å². The topological polar surface area (TPSA) is 49.3 Å². The minimum Gasteiger partial charge on any atom is -0.478 e. The van der Waals surface area contributed by atoms with Gasteiger partial charge in [-0.3, -0.25) is 0 Å². The second-order valence-electron chi connectivity index (χ2n) is 5.95. The molecule has 4 heteroatoms. The zero-order valence-electron chi connectivity index (χ0n) is 13.6. The first-order chi connectivity index (χ1) is 9.88. The van der Waals surface area contributed by atoms with Gasteiger partial charge in [-0.15, -0.1) is 11.8 Å². The third kappa shape index (κ3) is 4.95. The summed E-state index contributed by atoms with van der Waals surface area (Å²) in [6.07, 6.45) is 0. The fourth-order valence-corrected chi connectivity index (χ4v) is 3.47. The van der Waals surface area contributed by atoms with Crippen molar-refractivity contribution in [1.82, 2.24) is 0 Å². The molecule has 0 atom stereocenters. The van der Waals surface area contributed by atoms with Crippen molar-refractivity contribution in [2.24, 2.45) is 17.8 Å². The van der Waals surface area contributed by atoms with Crippen LogP contribution in [0.5, 0.6) is 0 Å². The highest BCUT2D eigenvalue weighted by atomic mass is 32.2. The van der Waals surface area contributed by atoms with Crippen molar-refractivity contribution in [3.05, 3.63) is 23.8 Å². The Morgan fingerprint density at radius 1 is 1.24 bits per heavy atom. The van der Waals surface area contributed by atoms with E-state index in [4.69, 9.17) is 0 Å². The largest absolute Gasteiger partial charge is 0.478 e. The third-order valence-electron chi connectivity index (χ3n) is 3.78. The number of benzene rings is 1. The summed E-state index contributed by atoms with van der Waals surface area (Å²) in [6, 6.07) is 5.67. The number of rotatable bonds is 8. The standard InChI is InChI=1S/C17H27NO2S/c1-6-21-15-9-7-8-14(16(15)17(19)20)18-10-13(11(2)3)12(4)5/h7-9,11-13,18H,6,10H2,1-5H3,(H,19,20). The van der Waals surface area contributed by atoms with Crippen LogP contribution in [0.1, 0.15) is 45.0 Å². The molecule has 2 N–H and O–H groups in total. The molecule has 0 unspecified atom stereocenters. The lowest BCUT2D eigenvalue weighted by molar-refractivity contribution is 0.0694. The smallest absolute Gasteiger partial charge is 0.338 e. The molecule has 1 rings (SSSR count). The van der Waals surface area contributed by atoms with Crippen molar-refractivity contribution in [2.45, 2.75) is 39.5 Å². The molecule has 0 spiro atoms. The van der Waals surface area contributed by atoms with Crippen molar-refractivity contribution in [2.75, 3.05) is 17.6 Å². The number of hydrogen-bond acceptors (Lipinski definition) is 3. The number of hydrogen-bond donors (Lipinski definition) is 2.